The molecule has 3 aromatic rings. The predicted octanol–water partition coefficient (Wildman–Crippen LogP) is 1.88. The third-order valence-electron chi connectivity index (χ3n) is 5.29. The quantitative estimate of drug-likeness (QED) is 0.424. The maximum absolute atomic E-state index is 13.3. The van der Waals surface area contributed by atoms with Crippen LogP contribution in [0.4, 0.5) is 11.5 Å². The number of hydrogen-bond acceptors (Lipinski definition) is 7. The minimum Gasteiger partial charge on any atom is -0.497 e. The van der Waals surface area contributed by atoms with Crippen molar-refractivity contribution in [2.75, 3.05) is 45.1 Å². The van der Waals surface area contributed by atoms with E-state index in [9.17, 15) is 14.4 Å². The van der Waals surface area contributed by atoms with Crippen LogP contribution in [-0.4, -0.2) is 49.9 Å². The third-order valence-corrected chi connectivity index (χ3v) is 5.29. The molecule has 0 aliphatic carbocycles. The van der Waals surface area contributed by atoms with Gasteiger partial charge in [-0.25, -0.2) is 4.79 Å². The van der Waals surface area contributed by atoms with Crippen LogP contribution in [-0.2, 0) is 16.1 Å². The fourth-order valence-electron chi connectivity index (χ4n) is 3.50. The van der Waals surface area contributed by atoms with Gasteiger partial charge in [0.2, 0.25) is 0 Å². The molecule has 0 saturated heterocycles. The van der Waals surface area contributed by atoms with Crippen LogP contribution < -0.4 is 31.4 Å². The van der Waals surface area contributed by atoms with Crippen LogP contribution in [0, 0.1) is 0 Å². The highest BCUT2D eigenvalue weighted by atomic mass is 16.5. The second-order valence-electron chi connectivity index (χ2n) is 7.49. The Bertz CT molecular complexity index is 1310. The molecule has 3 N–H and O–H groups in total. The number of ether oxygens (including phenoxy) is 3. The SMILES string of the molecule is COCCN(C(=O)/C=C/c1cc(OC)ccc1OC)c1c(N)n(Cc2ccccc2)c(=O)[nH]c1=O. The first-order valence-electron chi connectivity index (χ1n) is 10.8. The van der Waals surface area contributed by atoms with E-state index in [4.69, 9.17) is 19.9 Å². The van der Waals surface area contributed by atoms with E-state index in [1.807, 2.05) is 30.3 Å². The van der Waals surface area contributed by atoms with E-state index in [1.165, 1.54) is 36.9 Å². The van der Waals surface area contributed by atoms with Gasteiger partial charge in [-0.1, -0.05) is 30.3 Å². The van der Waals surface area contributed by atoms with Crippen molar-refractivity contribution in [3.05, 3.63) is 86.6 Å². The highest BCUT2D eigenvalue weighted by Gasteiger charge is 2.23. The van der Waals surface area contributed by atoms with E-state index in [0.717, 1.165) is 5.56 Å². The van der Waals surface area contributed by atoms with Crippen LogP contribution in [0.25, 0.3) is 6.08 Å². The van der Waals surface area contributed by atoms with Crippen molar-refractivity contribution >= 4 is 23.5 Å². The number of nitrogens with zero attached hydrogens (tertiary/aromatic N) is 2. The maximum atomic E-state index is 13.3. The monoisotopic (exact) mass is 480 g/mol. The van der Waals surface area contributed by atoms with Gasteiger partial charge in [-0.3, -0.25) is 24.0 Å². The van der Waals surface area contributed by atoms with Gasteiger partial charge >= 0.3 is 5.69 Å². The molecule has 184 valence electrons. The number of methoxy groups -OCH3 is 3. The number of hydrogen-bond donors (Lipinski definition) is 2. The number of aromatic amines is 1. The summed E-state index contributed by atoms with van der Waals surface area (Å²) in [5, 5.41) is 0. The van der Waals surface area contributed by atoms with Gasteiger partial charge < -0.3 is 19.9 Å². The number of rotatable bonds is 10. The van der Waals surface area contributed by atoms with Crippen molar-refractivity contribution < 1.29 is 19.0 Å². The molecule has 1 aromatic heterocycles. The minimum absolute atomic E-state index is 0.0335. The van der Waals surface area contributed by atoms with E-state index in [1.54, 1.807) is 24.3 Å². The van der Waals surface area contributed by atoms with Gasteiger partial charge in [-0.2, -0.15) is 0 Å². The lowest BCUT2D eigenvalue weighted by Crippen LogP contribution is -2.42. The Morgan fingerprint density at radius 1 is 1.09 bits per heavy atom. The molecule has 0 fully saturated rings. The van der Waals surface area contributed by atoms with Crippen LogP contribution in [0.5, 0.6) is 11.5 Å². The number of amides is 1. The number of H-pyrrole nitrogens is 1. The number of carbonyl (C=O) groups excluding carboxylic acids is 1. The highest BCUT2D eigenvalue weighted by molar-refractivity contribution is 6.05. The average Bonchev–Trinajstić information content (AvgIpc) is 2.87. The molecule has 10 nitrogen and oxygen atoms in total. The Morgan fingerprint density at radius 3 is 2.49 bits per heavy atom. The predicted molar refractivity (Wildman–Crippen MR) is 134 cm³/mol. The molecular formula is C25H28N4O6. The van der Waals surface area contributed by atoms with Crippen molar-refractivity contribution in [1.82, 2.24) is 9.55 Å². The molecule has 0 atom stereocenters. The number of nitrogen functional groups attached to an aromatic ring is 1. The fourth-order valence-corrected chi connectivity index (χ4v) is 3.50. The number of nitrogens with two attached hydrogens (primary N) is 1. The summed E-state index contributed by atoms with van der Waals surface area (Å²) in [6, 6.07) is 14.3. The largest absolute Gasteiger partial charge is 0.497 e. The average molecular weight is 481 g/mol. The first-order valence-corrected chi connectivity index (χ1v) is 10.8. The molecule has 0 aliphatic heterocycles. The molecule has 2 aromatic carbocycles. The number of nitrogens with one attached hydrogen (secondary N) is 1. The Kier molecular flexibility index (Phi) is 8.47. The van der Waals surface area contributed by atoms with Crippen LogP contribution >= 0.6 is 0 Å². The normalized spacial score (nSPS) is 10.9. The first kappa shape index (κ1) is 25.3. The molecule has 0 saturated carbocycles. The van der Waals surface area contributed by atoms with Gasteiger partial charge in [0.25, 0.3) is 11.5 Å². The summed E-state index contributed by atoms with van der Waals surface area (Å²) in [5.41, 5.74) is 6.11. The second kappa shape index (κ2) is 11.7. The Labute approximate surface area is 202 Å². The summed E-state index contributed by atoms with van der Waals surface area (Å²) in [7, 11) is 4.53. The smallest absolute Gasteiger partial charge is 0.330 e. The second-order valence-corrected chi connectivity index (χ2v) is 7.49. The third kappa shape index (κ3) is 5.98. The minimum atomic E-state index is -0.770. The lowest BCUT2D eigenvalue weighted by atomic mass is 10.1. The van der Waals surface area contributed by atoms with Crippen molar-refractivity contribution in [2.24, 2.45) is 0 Å². The van der Waals surface area contributed by atoms with Crippen LogP contribution in [0.1, 0.15) is 11.1 Å². The first-order chi connectivity index (χ1) is 16.9. The van der Waals surface area contributed by atoms with E-state index in [2.05, 4.69) is 4.98 Å². The van der Waals surface area contributed by atoms with Crippen molar-refractivity contribution in [2.45, 2.75) is 6.54 Å². The summed E-state index contributed by atoms with van der Waals surface area (Å²) >= 11 is 0. The molecule has 1 amide bonds. The van der Waals surface area contributed by atoms with Crippen molar-refractivity contribution in [1.29, 1.82) is 0 Å². The standard InChI is InChI=1S/C25H28N4O6/c1-33-14-13-28(21(30)12-9-18-15-19(34-2)10-11-20(18)35-3)22-23(26)29(25(32)27-24(22)31)16-17-7-5-4-6-8-17/h4-12,15H,13-14,16,26H2,1-3H3,(H,27,31,32)/b12-9+. The molecular weight excluding hydrogens is 452 g/mol. The Balaban J connectivity index is 2.02. The Hall–Kier alpha value is -4.31. The molecule has 0 bridgehead atoms. The molecule has 10 heteroatoms. The van der Waals surface area contributed by atoms with Gasteiger partial charge in [-0.15, -0.1) is 0 Å². The number of aromatic nitrogens is 2. The Morgan fingerprint density at radius 2 is 1.83 bits per heavy atom. The molecule has 0 unspecified atom stereocenters. The van der Waals surface area contributed by atoms with Crippen LogP contribution in [0.15, 0.2) is 64.2 Å². The summed E-state index contributed by atoms with van der Waals surface area (Å²) in [4.78, 5) is 42.0. The van der Waals surface area contributed by atoms with Gasteiger partial charge in [0.1, 0.15) is 17.3 Å². The maximum Gasteiger partial charge on any atom is 0.330 e. The van der Waals surface area contributed by atoms with E-state index in [0.29, 0.717) is 17.1 Å². The number of anilines is 2. The summed E-state index contributed by atoms with van der Waals surface area (Å²) < 4.78 is 16.9. The van der Waals surface area contributed by atoms with Crippen LogP contribution in [0.2, 0.25) is 0 Å². The topological polar surface area (TPSA) is 129 Å². The van der Waals surface area contributed by atoms with E-state index >= 15 is 0 Å². The van der Waals surface area contributed by atoms with Gasteiger partial charge in [0.05, 0.1) is 27.4 Å². The van der Waals surface area contributed by atoms with Crippen LogP contribution in [0.3, 0.4) is 0 Å². The van der Waals surface area contributed by atoms with Crippen molar-refractivity contribution in [3.63, 3.8) is 0 Å². The lowest BCUT2D eigenvalue weighted by Gasteiger charge is -2.23. The zero-order chi connectivity index (χ0) is 25.4. The molecule has 0 spiro atoms. The number of carbonyl (C=O) groups is 1. The molecule has 3 rings (SSSR count). The van der Waals surface area contributed by atoms with Gasteiger partial charge in [0, 0.05) is 25.3 Å². The van der Waals surface area contributed by atoms with E-state index in [-0.39, 0.29) is 31.2 Å². The summed E-state index contributed by atoms with van der Waals surface area (Å²) in [5.74, 6) is 0.461. The van der Waals surface area contributed by atoms with Crippen molar-refractivity contribution in [3.8, 4) is 11.5 Å². The van der Waals surface area contributed by atoms with E-state index < -0.39 is 17.2 Å². The summed E-state index contributed by atoms with van der Waals surface area (Å²) in [6.07, 6.45) is 2.84. The van der Waals surface area contributed by atoms with Gasteiger partial charge in [0.15, 0.2) is 5.69 Å². The van der Waals surface area contributed by atoms with Gasteiger partial charge in [-0.05, 0) is 29.8 Å². The highest BCUT2D eigenvalue weighted by Crippen LogP contribution is 2.25. The molecule has 0 aliphatic rings. The zero-order valence-electron chi connectivity index (χ0n) is 19.8. The molecule has 35 heavy (non-hydrogen) atoms. The summed E-state index contributed by atoms with van der Waals surface area (Å²) in [6.45, 7) is 0.295. The fraction of sp³-hybridized carbons (Fsp3) is 0.240. The molecule has 0 radical (unpaired) electrons. The lowest BCUT2D eigenvalue weighted by molar-refractivity contribution is -0.114. The zero-order valence-corrected chi connectivity index (χ0v) is 19.8. The molecule has 1 heterocycles. The number of benzene rings is 2.